The van der Waals surface area contributed by atoms with E-state index in [1.54, 1.807) is 12.1 Å². The highest BCUT2D eigenvalue weighted by atomic mass is 19.4. The van der Waals surface area contributed by atoms with Crippen LogP contribution in [0.1, 0.15) is 59.2 Å². The smallest absolute Gasteiger partial charge is 0.207 e. The molecule has 4 aromatic carbocycles. The fraction of sp³-hybridized carbons (Fsp3) is 0.235. The highest BCUT2D eigenvalue weighted by Crippen LogP contribution is 2.39. The van der Waals surface area contributed by atoms with Crippen LogP contribution in [-0.4, -0.2) is 0 Å². The second kappa shape index (κ2) is 12.4. The highest BCUT2D eigenvalue weighted by Gasteiger charge is 2.37. The van der Waals surface area contributed by atoms with Gasteiger partial charge in [-0.15, -0.1) is 0 Å². The molecule has 0 aliphatic carbocycles. The molecule has 0 aliphatic rings. The van der Waals surface area contributed by atoms with Crippen LogP contribution in [-0.2, 0) is 31.9 Å². The van der Waals surface area contributed by atoms with Crippen molar-refractivity contribution in [2.24, 2.45) is 0 Å². The lowest BCUT2D eigenvalue weighted by Crippen LogP contribution is -2.11. The van der Waals surface area contributed by atoms with Gasteiger partial charge in [-0.25, -0.2) is 8.78 Å². The summed E-state index contributed by atoms with van der Waals surface area (Å²) in [6.07, 6.45) is 1.84. The lowest BCUT2D eigenvalue weighted by molar-refractivity contribution is -0.140. The van der Waals surface area contributed by atoms with Crippen molar-refractivity contribution in [3.63, 3.8) is 0 Å². The molecular weight excluding hydrogens is 503 g/mol. The van der Waals surface area contributed by atoms with Crippen molar-refractivity contribution in [3.05, 3.63) is 129 Å². The summed E-state index contributed by atoms with van der Waals surface area (Å²) < 4.78 is 72.2. The average Bonchev–Trinajstić information content (AvgIpc) is 2.92. The van der Waals surface area contributed by atoms with Gasteiger partial charge in [0.25, 0.3) is 0 Å². The minimum Gasteiger partial charge on any atom is -0.207 e. The van der Waals surface area contributed by atoms with Crippen LogP contribution in [0.3, 0.4) is 0 Å². The van der Waals surface area contributed by atoms with Gasteiger partial charge in [-0.05, 0) is 70.7 Å². The van der Waals surface area contributed by atoms with Crippen LogP contribution in [0.4, 0.5) is 22.0 Å². The molecule has 0 N–H and O–H groups in total. The van der Waals surface area contributed by atoms with Crippen LogP contribution in [0, 0.1) is 11.6 Å². The van der Waals surface area contributed by atoms with Crippen molar-refractivity contribution in [2.45, 2.75) is 52.1 Å². The van der Waals surface area contributed by atoms with E-state index in [0.717, 1.165) is 36.5 Å². The van der Waals surface area contributed by atoms with Crippen molar-refractivity contribution in [1.82, 2.24) is 0 Å². The van der Waals surface area contributed by atoms with Gasteiger partial charge in [0.1, 0.15) is 11.6 Å². The number of halogens is 5. The Labute approximate surface area is 226 Å². The van der Waals surface area contributed by atoms with Gasteiger partial charge < -0.3 is 0 Å². The SMILES string of the molecule is CCCc1ccc(CCc2ccc(-c3ccc(C=Cc4ccc(CC)cc4)c(C(F)(F)F)c3F)cc2F)cc1. The summed E-state index contributed by atoms with van der Waals surface area (Å²) in [5.74, 6) is -1.98. The monoisotopic (exact) mass is 534 g/mol. The van der Waals surface area contributed by atoms with E-state index >= 15 is 4.39 Å². The zero-order chi connectivity index (χ0) is 28.0. The number of hydrogen-bond donors (Lipinski definition) is 0. The zero-order valence-electron chi connectivity index (χ0n) is 22.1. The molecule has 0 heterocycles. The molecule has 0 saturated heterocycles. The summed E-state index contributed by atoms with van der Waals surface area (Å²) in [6.45, 7) is 4.13. The summed E-state index contributed by atoms with van der Waals surface area (Å²) in [6, 6.07) is 22.2. The normalized spacial score (nSPS) is 11.9. The molecule has 0 spiro atoms. The first kappa shape index (κ1) is 28.3. The van der Waals surface area contributed by atoms with Crippen molar-refractivity contribution in [3.8, 4) is 11.1 Å². The highest BCUT2D eigenvalue weighted by molar-refractivity contribution is 5.75. The Kier molecular flexibility index (Phi) is 9.01. The number of aryl methyl sites for hydroxylation is 4. The van der Waals surface area contributed by atoms with Crippen LogP contribution < -0.4 is 0 Å². The first-order chi connectivity index (χ1) is 18.7. The molecule has 0 bridgehead atoms. The van der Waals surface area contributed by atoms with Crippen LogP contribution in [0.25, 0.3) is 23.3 Å². The fourth-order valence-corrected chi connectivity index (χ4v) is 4.65. The molecule has 0 unspecified atom stereocenters. The molecule has 5 heteroatoms. The third-order valence-electron chi connectivity index (χ3n) is 6.91. The Morgan fingerprint density at radius 2 is 1.31 bits per heavy atom. The summed E-state index contributed by atoms with van der Waals surface area (Å²) >= 11 is 0. The molecule has 0 amide bonds. The molecule has 0 atom stereocenters. The minimum atomic E-state index is -4.92. The van der Waals surface area contributed by atoms with E-state index in [4.69, 9.17) is 0 Å². The van der Waals surface area contributed by atoms with Gasteiger partial charge in [0.05, 0.1) is 5.56 Å². The molecule has 0 radical (unpaired) electrons. The molecule has 0 aromatic heterocycles. The summed E-state index contributed by atoms with van der Waals surface area (Å²) in [5.41, 5.74) is 2.70. The van der Waals surface area contributed by atoms with Crippen LogP contribution >= 0.6 is 0 Å². The zero-order valence-corrected chi connectivity index (χ0v) is 22.1. The van der Waals surface area contributed by atoms with Crippen molar-refractivity contribution < 1.29 is 22.0 Å². The average molecular weight is 535 g/mol. The maximum absolute atomic E-state index is 15.4. The van der Waals surface area contributed by atoms with E-state index in [2.05, 4.69) is 19.1 Å². The van der Waals surface area contributed by atoms with E-state index in [1.165, 1.54) is 42.0 Å². The quantitative estimate of drug-likeness (QED) is 0.148. The molecule has 4 rings (SSSR count). The Morgan fingerprint density at radius 3 is 1.90 bits per heavy atom. The van der Waals surface area contributed by atoms with E-state index in [-0.39, 0.29) is 16.7 Å². The van der Waals surface area contributed by atoms with Crippen molar-refractivity contribution in [1.29, 1.82) is 0 Å². The Balaban J connectivity index is 1.57. The number of hydrogen-bond acceptors (Lipinski definition) is 0. The molecule has 4 aromatic rings. The van der Waals surface area contributed by atoms with Crippen LogP contribution in [0.5, 0.6) is 0 Å². The fourth-order valence-electron chi connectivity index (χ4n) is 4.65. The number of benzene rings is 4. The van der Waals surface area contributed by atoms with Gasteiger partial charge in [0.2, 0.25) is 0 Å². The second-order valence-corrected chi connectivity index (χ2v) is 9.69. The third kappa shape index (κ3) is 7.03. The largest absolute Gasteiger partial charge is 0.419 e. The van der Waals surface area contributed by atoms with Gasteiger partial charge in [-0.3, -0.25) is 0 Å². The molecule has 0 nitrogen and oxygen atoms in total. The number of alkyl halides is 3. The lowest BCUT2D eigenvalue weighted by Gasteiger charge is -2.15. The molecule has 0 aliphatic heterocycles. The summed E-state index contributed by atoms with van der Waals surface area (Å²) in [7, 11) is 0. The molecule has 39 heavy (non-hydrogen) atoms. The van der Waals surface area contributed by atoms with Crippen LogP contribution in [0.15, 0.2) is 78.9 Å². The molecule has 202 valence electrons. The van der Waals surface area contributed by atoms with Gasteiger partial charge >= 0.3 is 6.18 Å². The van der Waals surface area contributed by atoms with Gasteiger partial charge in [0, 0.05) is 5.56 Å². The van der Waals surface area contributed by atoms with Gasteiger partial charge in [-0.1, -0.05) is 105 Å². The van der Waals surface area contributed by atoms with Gasteiger partial charge in [0.15, 0.2) is 0 Å². The summed E-state index contributed by atoms with van der Waals surface area (Å²) in [5, 5.41) is 0. The first-order valence-corrected chi connectivity index (χ1v) is 13.2. The topological polar surface area (TPSA) is 0 Å². The Hall–Kier alpha value is -3.73. The number of rotatable bonds is 9. The predicted octanol–water partition coefficient (Wildman–Crippen LogP) is 10.1. The molecule has 0 saturated carbocycles. The first-order valence-electron chi connectivity index (χ1n) is 13.2. The van der Waals surface area contributed by atoms with Gasteiger partial charge in [-0.2, -0.15) is 13.2 Å². The molecular formula is C34H31F5. The lowest BCUT2D eigenvalue weighted by atomic mass is 9.95. The van der Waals surface area contributed by atoms with E-state index < -0.39 is 23.4 Å². The second-order valence-electron chi connectivity index (χ2n) is 9.69. The van der Waals surface area contributed by atoms with Crippen molar-refractivity contribution in [2.75, 3.05) is 0 Å². The Bertz CT molecular complexity index is 1430. The minimum absolute atomic E-state index is 0.0638. The van der Waals surface area contributed by atoms with E-state index in [1.807, 2.05) is 31.2 Å². The maximum Gasteiger partial charge on any atom is 0.419 e. The van der Waals surface area contributed by atoms with E-state index in [9.17, 15) is 17.6 Å². The van der Waals surface area contributed by atoms with Crippen LogP contribution in [0.2, 0.25) is 0 Å². The van der Waals surface area contributed by atoms with E-state index in [0.29, 0.717) is 24.0 Å². The van der Waals surface area contributed by atoms with Crippen molar-refractivity contribution >= 4 is 12.2 Å². The molecule has 0 fully saturated rings. The summed E-state index contributed by atoms with van der Waals surface area (Å²) in [4.78, 5) is 0. The third-order valence-corrected chi connectivity index (χ3v) is 6.91. The predicted molar refractivity (Wildman–Crippen MR) is 149 cm³/mol. The Morgan fingerprint density at radius 1 is 0.667 bits per heavy atom. The standard InChI is InChI=1S/C34H31F5/c1-3-5-24-10-12-26(13-11-24)14-16-27-18-19-29(22-31(27)35)30-21-20-28(32(33(30)36)34(37,38)39)17-15-25-8-6-23(4-2)7-9-25/h6-13,15,17-22H,3-5,14,16H2,1-2H3. The maximum atomic E-state index is 15.4.